The first-order valence-corrected chi connectivity index (χ1v) is 9.99. The van der Waals surface area contributed by atoms with Crippen LogP contribution in [0.25, 0.3) is 0 Å². The molecule has 3 heterocycles. The van der Waals surface area contributed by atoms with E-state index in [1.54, 1.807) is 12.3 Å². The van der Waals surface area contributed by atoms with Gasteiger partial charge in [0.15, 0.2) is 0 Å². The summed E-state index contributed by atoms with van der Waals surface area (Å²) in [5.74, 6) is 0.827. The van der Waals surface area contributed by atoms with Crippen molar-refractivity contribution in [2.24, 2.45) is 0 Å². The number of nitriles is 1. The van der Waals surface area contributed by atoms with Crippen LogP contribution in [0.2, 0.25) is 0 Å². The lowest BCUT2D eigenvalue weighted by molar-refractivity contribution is 0.0741. The van der Waals surface area contributed by atoms with E-state index in [-0.39, 0.29) is 5.91 Å². The number of benzene rings is 1. The maximum absolute atomic E-state index is 12.8. The normalized spacial score (nSPS) is 14.0. The molecule has 3 aromatic rings. The maximum Gasteiger partial charge on any atom is 0.273 e. The summed E-state index contributed by atoms with van der Waals surface area (Å²) in [5, 5.41) is 11.7. The van der Waals surface area contributed by atoms with Gasteiger partial charge in [0.25, 0.3) is 5.91 Å². The molecule has 1 amide bonds. The molecule has 1 saturated heterocycles. The van der Waals surface area contributed by atoms with Crippen molar-refractivity contribution in [3.05, 3.63) is 75.9 Å². The molecule has 0 radical (unpaired) electrons. The van der Waals surface area contributed by atoms with Gasteiger partial charge in [0, 0.05) is 44.2 Å². The molecule has 6 nitrogen and oxygen atoms in total. The molecule has 0 unspecified atom stereocenters. The number of hydrogen-bond donors (Lipinski definition) is 0. The number of nitrogens with zero attached hydrogens (tertiary/aromatic N) is 5. The molecule has 1 aliphatic heterocycles. The van der Waals surface area contributed by atoms with Crippen molar-refractivity contribution in [2.75, 3.05) is 31.1 Å². The summed E-state index contributed by atoms with van der Waals surface area (Å²) in [7, 11) is 0. The van der Waals surface area contributed by atoms with E-state index >= 15 is 0 Å². The number of aromatic nitrogens is 2. The summed E-state index contributed by atoms with van der Waals surface area (Å²) in [6, 6.07) is 15.8. The number of anilines is 1. The van der Waals surface area contributed by atoms with Gasteiger partial charge in [0.2, 0.25) is 0 Å². The predicted octanol–water partition coefficient (Wildman–Crippen LogP) is 2.96. The molecule has 1 aromatic carbocycles. The highest BCUT2D eigenvalue weighted by Crippen LogP contribution is 2.18. The Balaban J connectivity index is 1.35. The van der Waals surface area contributed by atoms with Gasteiger partial charge < -0.3 is 9.80 Å². The molecule has 28 heavy (non-hydrogen) atoms. The minimum absolute atomic E-state index is 0.0111. The van der Waals surface area contributed by atoms with Crippen LogP contribution in [-0.2, 0) is 6.42 Å². The second-order valence-electron chi connectivity index (χ2n) is 6.58. The SMILES string of the molecule is N#Cc1ccc(N2CCN(C(=O)c3csc(Cc4ccccc4)n3)CC2)nc1. The van der Waals surface area contributed by atoms with Gasteiger partial charge in [-0.2, -0.15) is 5.26 Å². The summed E-state index contributed by atoms with van der Waals surface area (Å²) >= 11 is 1.53. The quantitative estimate of drug-likeness (QED) is 0.686. The van der Waals surface area contributed by atoms with E-state index in [0.29, 0.717) is 37.4 Å². The molecular formula is C21H19N5OS. The second-order valence-corrected chi connectivity index (χ2v) is 7.53. The van der Waals surface area contributed by atoms with E-state index in [1.165, 1.54) is 16.9 Å². The number of carbonyl (C=O) groups excluding carboxylic acids is 1. The summed E-state index contributed by atoms with van der Waals surface area (Å²) in [6.45, 7) is 2.69. The summed E-state index contributed by atoms with van der Waals surface area (Å²) < 4.78 is 0. The number of piperazine rings is 1. The molecule has 0 N–H and O–H groups in total. The molecule has 1 aliphatic rings. The molecule has 4 rings (SSSR count). The van der Waals surface area contributed by atoms with Crippen molar-refractivity contribution in [2.45, 2.75) is 6.42 Å². The van der Waals surface area contributed by atoms with Gasteiger partial charge in [0.05, 0.1) is 10.6 Å². The lowest BCUT2D eigenvalue weighted by Gasteiger charge is -2.35. The summed E-state index contributed by atoms with van der Waals surface area (Å²) in [6.07, 6.45) is 2.33. The topological polar surface area (TPSA) is 73.1 Å². The van der Waals surface area contributed by atoms with E-state index in [9.17, 15) is 4.79 Å². The van der Waals surface area contributed by atoms with Crippen LogP contribution in [0.4, 0.5) is 5.82 Å². The van der Waals surface area contributed by atoms with E-state index in [0.717, 1.165) is 17.2 Å². The van der Waals surface area contributed by atoms with Gasteiger partial charge in [-0.05, 0) is 17.7 Å². The molecule has 7 heteroatoms. The summed E-state index contributed by atoms with van der Waals surface area (Å²) in [5.41, 5.74) is 2.27. The minimum Gasteiger partial charge on any atom is -0.353 e. The molecule has 2 aromatic heterocycles. The van der Waals surface area contributed by atoms with Crippen LogP contribution in [0, 0.1) is 11.3 Å². The van der Waals surface area contributed by atoms with Crippen molar-refractivity contribution in [3.63, 3.8) is 0 Å². The van der Waals surface area contributed by atoms with Crippen molar-refractivity contribution >= 4 is 23.1 Å². The van der Waals surface area contributed by atoms with Gasteiger partial charge in [0.1, 0.15) is 17.6 Å². The first kappa shape index (κ1) is 18.1. The maximum atomic E-state index is 12.8. The predicted molar refractivity (Wildman–Crippen MR) is 108 cm³/mol. The fourth-order valence-electron chi connectivity index (χ4n) is 3.20. The Hall–Kier alpha value is -3.24. The van der Waals surface area contributed by atoms with Crippen molar-refractivity contribution in [1.82, 2.24) is 14.9 Å². The standard InChI is InChI=1S/C21H19N5OS/c22-13-17-6-7-19(23-14-17)25-8-10-26(11-9-25)21(27)18-15-28-20(24-18)12-16-4-2-1-3-5-16/h1-7,14-15H,8-12H2. The summed E-state index contributed by atoms with van der Waals surface area (Å²) in [4.78, 5) is 25.7. The van der Waals surface area contributed by atoms with E-state index in [1.807, 2.05) is 34.5 Å². The number of carbonyl (C=O) groups is 1. The van der Waals surface area contributed by atoms with E-state index < -0.39 is 0 Å². The average molecular weight is 389 g/mol. The second kappa shape index (κ2) is 8.19. The molecule has 0 atom stereocenters. The minimum atomic E-state index is -0.0111. The first-order valence-electron chi connectivity index (χ1n) is 9.11. The van der Waals surface area contributed by atoms with Gasteiger partial charge >= 0.3 is 0 Å². The Morgan fingerprint density at radius 1 is 1.11 bits per heavy atom. The van der Waals surface area contributed by atoms with Gasteiger partial charge in [-0.25, -0.2) is 9.97 Å². The molecular weight excluding hydrogens is 370 g/mol. The molecule has 0 bridgehead atoms. The monoisotopic (exact) mass is 389 g/mol. The van der Waals surface area contributed by atoms with Gasteiger partial charge in [-0.1, -0.05) is 30.3 Å². The van der Waals surface area contributed by atoms with Crippen LogP contribution in [0.3, 0.4) is 0 Å². The molecule has 1 fully saturated rings. The van der Waals surface area contributed by atoms with Crippen molar-refractivity contribution < 1.29 is 4.79 Å². The van der Waals surface area contributed by atoms with Gasteiger partial charge in [-0.3, -0.25) is 4.79 Å². The third-order valence-corrected chi connectivity index (χ3v) is 5.59. The first-order chi connectivity index (χ1) is 13.7. The third-order valence-electron chi connectivity index (χ3n) is 4.74. The van der Waals surface area contributed by atoms with Crippen LogP contribution >= 0.6 is 11.3 Å². The zero-order valence-electron chi connectivity index (χ0n) is 15.3. The fraction of sp³-hybridized carbons (Fsp3) is 0.238. The van der Waals surface area contributed by atoms with Crippen LogP contribution in [0.1, 0.15) is 26.6 Å². The Kier molecular flexibility index (Phi) is 5.31. The highest BCUT2D eigenvalue weighted by Gasteiger charge is 2.24. The van der Waals surface area contributed by atoms with Crippen LogP contribution in [0.5, 0.6) is 0 Å². The lowest BCUT2D eigenvalue weighted by Crippen LogP contribution is -2.49. The smallest absolute Gasteiger partial charge is 0.273 e. The number of pyridine rings is 1. The molecule has 0 saturated carbocycles. The van der Waals surface area contributed by atoms with Crippen molar-refractivity contribution in [3.8, 4) is 6.07 Å². The Labute approximate surface area is 167 Å². The number of hydrogen-bond acceptors (Lipinski definition) is 6. The number of rotatable bonds is 4. The lowest BCUT2D eigenvalue weighted by atomic mass is 10.2. The zero-order chi connectivity index (χ0) is 19.3. The number of thiazole rings is 1. The number of amides is 1. The zero-order valence-corrected chi connectivity index (χ0v) is 16.1. The van der Waals surface area contributed by atoms with Gasteiger partial charge in [-0.15, -0.1) is 11.3 Å². The average Bonchev–Trinajstić information content (AvgIpc) is 3.22. The van der Waals surface area contributed by atoms with Crippen LogP contribution in [-0.4, -0.2) is 47.0 Å². The Bertz CT molecular complexity index is 986. The van der Waals surface area contributed by atoms with E-state index in [4.69, 9.17) is 5.26 Å². The van der Waals surface area contributed by atoms with E-state index in [2.05, 4.69) is 33.1 Å². The highest BCUT2D eigenvalue weighted by molar-refractivity contribution is 7.09. The molecule has 0 aliphatic carbocycles. The Morgan fingerprint density at radius 3 is 2.57 bits per heavy atom. The largest absolute Gasteiger partial charge is 0.353 e. The van der Waals surface area contributed by atoms with Crippen LogP contribution < -0.4 is 4.90 Å². The van der Waals surface area contributed by atoms with Crippen LogP contribution in [0.15, 0.2) is 54.0 Å². The van der Waals surface area contributed by atoms with Crippen molar-refractivity contribution in [1.29, 1.82) is 5.26 Å². The molecule has 140 valence electrons. The third kappa shape index (κ3) is 4.02. The highest BCUT2D eigenvalue weighted by atomic mass is 32.1. The molecule has 0 spiro atoms. The fourth-order valence-corrected chi connectivity index (χ4v) is 4.00. The Morgan fingerprint density at radius 2 is 1.89 bits per heavy atom.